The fraction of sp³-hybridized carbons (Fsp3) is 0.409. The van der Waals surface area contributed by atoms with Crippen LogP contribution in [0, 0.1) is 11.6 Å². The Morgan fingerprint density at radius 3 is 2.62 bits per heavy atom. The van der Waals surface area contributed by atoms with Crippen molar-refractivity contribution in [2.45, 2.75) is 37.0 Å². The van der Waals surface area contributed by atoms with Crippen LogP contribution >= 0.6 is 0 Å². The second kappa shape index (κ2) is 9.01. The van der Waals surface area contributed by atoms with Gasteiger partial charge in [0.05, 0.1) is 19.2 Å². The molecule has 2 heterocycles. The van der Waals surface area contributed by atoms with Crippen LogP contribution in [0.3, 0.4) is 0 Å². The van der Waals surface area contributed by atoms with E-state index in [0.717, 1.165) is 4.90 Å². The van der Waals surface area contributed by atoms with Gasteiger partial charge in [-0.2, -0.15) is 0 Å². The van der Waals surface area contributed by atoms with Crippen LogP contribution in [0.4, 0.5) is 17.6 Å². The Kier molecular flexibility index (Phi) is 6.49. The lowest BCUT2D eigenvalue weighted by molar-refractivity contribution is -0.158. The molecule has 1 amide bonds. The van der Waals surface area contributed by atoms with Gasteiger partial charge in [-0.25, -0.2) is 17.6 Å². The molecule has 2 aromatic rings. The number of rotatable bonds is 6. The Balaban J connectivity index is 1.69. The van der Waals surface area contributed by atoms with Crippen LogP contribution in [0.15, 0.2) is 42.5 Å². The summed E-state index contributed by atoms with van der Waals surface area (Å²) < 4.78 is 77.9. The number of benzene rings is 2. The summed E-state index contributed by atoms with van der Waals surface area (Å²) in [7, 11) is 0. The summed E-state index contributed by atoms with van der Waals surface area (Å²) in [6, 6.07) is 7.09. The second-order valence-electron chi connectivity index (χ2n) is 7.99. The van der Waals surface area contributed by atoms with E-state index in [9.17, 15) is 22.5 Å². The minimum atomic E-state index is -3.37. The lowest BCUT2D eigenvalue weighted by Gasteiger charge is -2.33. The molecule has 0 aliphatic carbocycles. The average molecular weight is 470 g/mol. The number of carbonyl (C=O) groups is 1. The number of nitrogens with one attached hydrogen (secondary N) is 1. The minimum Gasteiger partial charge on any atom is -0.598 e. The zero-order valence-corrected chi connectivity index (χ0v) is 18.0. The zero-order valence-electron chi connectivity index (χ0n) is 17.2. The molecule has 0 aromatic heterocycles. The molecule has 2 saturated heterocycles. The van der Waals surface area contributed by atoms with E-state index >= 15 is 4.39 Å². The number of hydrogen-bond donors (Lipinski definition) is 1. The molecule has 0 radical (unpaired) electrons. The molecule has 4 rings (SSSR count). The predicted octanol–water partition coefficient (Wildman–Crippen LogP) is 3.06. The quantitative estimate of drug-likeness (QED) is 0.521. The van der Waals surface area contributed by atoms with Crippen molar-refractivity contribution >= 4 is 17.3 Å². The summed E-state index contributed by atoms with van der Waals surface area (Å²) in [6.45, 7) is -0.507. The van der Waals surface area contributed by atoms with Crippen LogP contribution in [0.25, 0.3) is 11.1 Å². The van der Waals surface area contributed by atoms with Crippen molar-refractivity contribution in [2.24, 2.45) is 0 Å². The van der Waals surface area contributed by atoms with Gasteiger partial charge in [0, 0.05) is 23.3 Å². The highest BCUT2D eigenvalue weighted by atomic mass is 32.2. The fourth-order valence-electron chi connectivity index (χ4n) is 4.17. The largest absolute Gasteiger partial charge is 0.598 e. The molecule has 0 spiro atoms. The molecule has 1 N–H and O–H groups in total. The number of amides is 1. The first-order chi connectivity index (χ1) is 15.2. The highest BCUT2D eigenvalue weighted by molar-refractivity contribution is 7.88. The summed E-state index contributed by atoms with van der Waals surface area (Å²) >= 11 is -1.78. The van der Waals surface area contributed by atoms with Crippen molar-refractivity contribution in [3.8, 4) is 11.1 Å². The summed E-state index contributed by atoms with van der Waals surface area (Å²) in [5, 5.41) is 0. The first-order valence-corrected chi connectivity index (χ1v) is 11.7. The monoisotopic (exact) mass is 470 g/mol. The summed E-state index contributed by atoms with van der Waals surface area (Å²) in [5.41, 5.74) is 0.521. The van der Waals surface area contributed by atoms with Gasteiger partial charge in [-0.05, 0) is 29.7 Å². The maximum Gasteiger partial charge on any atom is 0.286 e. The molecule has 172 valence electrons. The van der Waals surface area contributed by atoms with Crippen LogP contribution in [-0.2, 0) is 27.3 Å². The summed E-state index contributed by atoms with van der Waals surface area (Å²) in [5.74, 6) is -5.17. The Morgan fingerprint density at radius 2 is 2.00 bits per heavy atom. The van der Waals surface area contributed by atoms with Crippen molar-refractivity contribution < 1.29 is 31.6 Å². The van der Waals surface area contributed by atoms with Crippen molar-refractivity contribution in [3.63, 3.8) is 0 Å². The number of carbonyl (C=O) groups excluding carboxylic acids is 1. The maximum atomic E-state index is 15.4. The van der Waals surface area contributed by atoms with Crippen molar-refractivity contribution in [3.05, 3.63) is 59.7 Å². The molecule has 1 unspecified atom stereocenters. The van der Waals surface area contributed by atoms with E-state index < -0.39 is 59.6 Å². The van der Waals surface area contributed by atoms with Crippen molar-refractivity contribution in [1.29, 1.82) is 0 Å². The smallest absolute Gasteiger partial charge is 0.286 e. The summed E-state index contributed by atoms with van der Waals surface area (Å²) in [6.07, 6.45) is 0.604. The molecular formula is C22H22F4N2O3S. The van der Waals surface area contributed by atoms with Crippen LogP contribution in [0.5, 0.6) is 0 Å². The van der Waals surface area contributed by atoms with Crippen molar-refractivity contribution in [2.75, 3.05) is 19.4 Å². The lowest BCUT2D eigenvalue weighted by atomic mass is 9.95. The number of nitrogens with zero attached hydrogens (tertiary/aromatic N) is 1. The molecule has 0 bridgehead atoms. The number of likely N-dealkylation sites (tertiary alicyclic amines) is 1. The number of hydrogen-bond acceptors (Lipinski definition) is 4. The van der Waals surface area contributed by atoms with Gasteiger partial charge in [0.2, 0.25) is 0 Å². The van der Waals surface area contributed by atoms with Gasteiger partial charge in [0.15, 0.2) is 0 Å². The molecule has 0 saturated carbocycles. The SMILES string of the molecule is C[S+]([O-])N[C@@H]1[C@H](Cc2cccc(-c3cccc(F)c3)c2F)N(C(=O)[C@@H]2CCO2)CC1(F)F. The van der Waals surface area contributed by atoms with Crippen LogP contribution in [0.1, 0.15) is 12.0 Å². The second-order valence-corrected chi connectivity index (χ2v) is 9.13. The fourth-order valence-corrected chi connectivity index (χ4v) is 4.86. The molecule has 32 heavy (non-hydrogen) atoms. The highest BCUT2D eigenvalue weighted by Gasteiger charge is 2.58. The van der Waals surface area contributed by atoms with E-state index in [-0.39, 0.29) is 17.5 Å². The van der Waals surface area contributed by atoms with Gasteiger partial charge >= 0.3 is 0 Å². The van der Waals surface area contributed by atoms with Gasteiger partial charge in [-0.1, -0.05) is 30.3 Å². The van der Waals surface area contributed by atoms with E-state index in [2.05, 4.69) is 4.72 Å². The van der Waals surface area contributed by atoms with E-state index in [0.29, 0.717) is 18.6 Å². The van der Waals surface area contributed by atoms with Gasteiger partial charge in [0.1, 0.15) is 30.0 Å². The molecule has 5 nitrogen and oxygen atoms in total. The average Bonchev–Trinajstić information content (AvgIpc) is 2.92. The number of alkyl halides is 2. The van der Waals surface area contributed by atoms with Crippen LogP contribution in [-0.4, -0.2) is 58.9 Å². The Morgan fingerprint density at radius 1 is 1.28 bits per heavy atom. The molecular weight excluding hydrogens is 448 g/mol. The standard InChI is InChI=1S/C22H22F4N2O3S/c1-32(30)27-20-17(28(12-22(20,25)26)21(29)18-8-9-31-18)11-14-5-3-7-16(19(14)24)13-4-2-6-15(23)10-13/h2-7,10,17-18,20,27H,8-9,11-12H2,1H3/t17-,18-,20+,32?/m0/s1. The minimum absolute atomic E-state index is 0.0930. The van der Waals surface area contributed by atoms with Crippen LogP contribution < -0.4 is 4.72 Å². The normalized spacial score (nSPS) is 25.4. The molecule has 10 heteroatoms. The maximum absolute atomic E-state index is 15.4. The predicted molar refractivity (Wildman–Crippen MR) is 111 cm³/mol. The molecule has 2 aromatic carbocycles. The van der Waals surface area contributed by atoms with Gasteiger partial charge in [0.25, 0.3) is 11.8 Å². The molecule has 4 atom stereocenters. The summed E-state index contributed by atoms with van der Waals surface area (Å²) in [4.78, 5) is 13.8. The molecule has 2 fully saturated rings. The van der Waals surface area contributed by atoms with E-state index in [1.54, 1.807) is 12.1 Å². The molecule has 2 aliphatic rings. The number of ether oxygens (including phenoxy) is 1. The third-order valence-electron chi connectivity index (χ3n) is 5.82. The van der Waals surface area contributed by atoms with Crippen LogP contribution in [0.2, 0.25) is 0 Å². The van der Waals surface area contributed by atoms with Gasteiger partial charge in [-0.15, -0.1) is 4.72 Å². The van der Waals surface area contributed by atoms with E-state index in [1.165, 1.54) is 36.6 Å². The number of halogens is 4. The van der Waals surface area contributed by atoms with Crippen molar-refractivity contribution in [1.82, 2.24) is 9.62 Å². The topological polar surface area (TPSA) is 64.6 Å². The first-order valence-electron chi connectivity index (χ1n) is 10.1. The first kappa shape index (κ1) is 23.0. The Hall–Kier alpha value is -2.14. The third-order valence-corrected chi connectivity index (χ3v) is 6.40. The third kappa shape index (κ3) is 4.50. The lowest BCUT2D eigenvalue weighted by Crippen LogP contribution is -2.54. The Labute approximate surface area is 186 Å². The van der Waals surface area contributed by atoms with E-state index in [1.807, 2.05) is 0 Å². The highest BCUT2D eigenvalue weighted by Crippen LogP contribution is 2.37. The zero-order chi connectivity index (χ0) is 23.0. The van der Waals surface area contributed by atoms with Gasteiger partial charge in [-0.3, -0.25) is 4.79 Å². The Bertz CT molecular complexity index is 1000. The molecule has 2 aliphatic heterocycles. The van der Waals surface area contributed by atoms with E-state index in [4.69, 9.17) is 4.74 Å². The van der Waals surface area contributed by atoms with Gasteiger partial charge < -0.3 is 14.2 Å².